The van der Waals surface area contributed by atoms with E-state index in [0.29, 0.717) is 0 Å². The van der Waals surface area contributed by atoms with Crippen LogP contribution in [0.4, 0.5) is 0 Å². The molecule has 0 aliphatic carbocycles. The number of rotatable bonds is 7. The van der Waals surface area contributed by atoms with Crippen molar-refractivity contribution in [1.82, 2.24) is 15.1 Å². The molecule has 0 unspecified atom stereocenters. The van der Waals surface area contributed by atoms with Gasteiger partial charge in [0, 0.05) is 43.9 Å². The van der Waals surface area contributed by atoms with E-state index in [1.807, 2.05) is 23.1 Å². The van der Waals surface area contributed by atoms with Gasteiger partial charge in [-0.1, -0.05) is 6.92 Å². The minimum atomic E-state index is 0.731. The maximum Gasteiger partial charge on any atom is 0.107 e. The Hall–Kier alpha value is -1.17. The van der Waals surface area contributed by atoms with Crippen LogP contribution < -0.4 is 5.32 Å². The number of ether oxygens (including phenoxy) is 1. The first-order chi connectivity index (χ1) is 9.24. The second-order valence-corrected chi connectivity index (χ2v) is 5.63. The lowest BCUT2D eigenvalue weighted by atomic mass is 10.2. The van der Waals surface area contributed by atoms with Crippen LogP contribution in [0.1, 0.15) is 17.4 Å². The highest BCUT2D eigenvalue weighted by Gasteiger charge is 2.11. The summed E-state index contributed by atoms with van der Waals surface area (Å²) in [6, 6.07) is 4.36. The van der Waals surface area contributed by atoms with Crippen LogP contribution in [0.5, 0.6) is 0 Å². The van der Waals surface area contributed by atoms with Gasteiger partial charge in [0.15, 0.2) is 0 Å². The third kappa shape index (κ3) is 3.65. The third-order valence-corrected chi connectivity index (χ3v) is 4.18. The molecular weight excluding hydrogens is 258 g/mol. The molecule has 5 heteroatoms. The number of nitrogens with zero attached hydrogens (tertiary/aromatic N) is 2. The molecule has 0 spiro atoms. The number of nitrogens with one attached hydrogen (secondary N) is 1. The van der Waals surface area contributed by atoms with E-state index in [2.05, 4.69) is 35.7 Å². The molecule has 0 atom stereocenters. The number of hydrogen-bond acceptors (Lipinski definition) is 4. The summed E-state index contributed by atoms with van der Waals surface area (Å²) in [5.74, 6) is 0. The van der Waals surface area contributed by atoms with Crippen molar-refractivity contribution in [3.05, 3.63) is 28.8 Å². The average Bonchev–Trinajstić information content (AvgIpc) is 3.01. The topological polar surface area (TPSA) is 39.1 Å². The van der Waals surface area contributed by atoms with Crippen molar-refractivity contribution >= 4 is 11.3 Å². The lowest BCUT2D eigenvalue weighted by Crippen LogP contribution is -2.18. The summed E-state index contributed by atoms with van der Waals surface area (Å²) in [6.07, 6.45) is 3.17. The van der Waals surface area contributed by atoms with Gasteiger partial charge in [-0.3, -0.25) is 4.68 Å². The summed E-state index contributed by atoms with van der Waals surface area (Å²) in [4.78, 5) is 2.65. The highest BCUT2D eigenvalue weighted by Crippen LogP contribution is 2.29. The quantitative estimate of drug-likeness (QED) is 0.791. The molecule has 0 radical (unpaired) electrons. The molecule has 2 aromatic heterocycles. The fourth-order valence-electron chi connectivity index (χ4n) is 1.97. The lowest BCUT2D eigenvalue weighted by molar-refractivity contribution is 0.199. The number of thiophene rings is 1. The van der Waals surface area contributed by atoms with Gasteiger partial charge >= 0.3 is 0 Å². The summed E-state index contributed by atoms with van der Waals surface area (Å²) in [5, 5.41) is 7.96. The molecule has 2 heterocycles. The monoisotopic (exact) mass is 279 g/mol. The molecule has 0 saturated carbocycles. The Morgan fingerprint density at radius 2 is 2.26 bits per heavy atom. The molecule has 104 valence electrons. The molecular formula is C14H21N3OS. The van der Waals surface area contributed by atoms with Crippen molar-refractivity contribution in [2.45, 2.75) is 19.9 Å². The van der Waals surface area contributed by atoms with Crippen LogP contribution in [0.3, 0.4) is 0 Å². The van der Waals surface area contributed by atoms with Gasteiger partial charge in [-0.2, -0.15) is 5.10 Å². The minimum absolute atomic E-state index is 0.731. The summed E-state index contributed by atoms with van der Waals surface area (Å²) in [5.41, 5.74) is 2.33. The highest BCUT2D eigenvalue weighted by atomic mass is 32.1. The van der Waals surface area contributed by atoms with Crippen molar-refractivity contribution in [3.63, 3.8) is 0 Å². The lowest BCUT2D eigenvalue weighted by Gasteiger charge is -2.03. The van der Waals surface area contributed by atoms with Gasteiger partial charge in [0.05, 0.1) is 11.5 Å². The van der Waals surface area contributed by atoms with Gasteiger partial charge in [-0.05, 0) is 18.6 Å². The maximum atomic E-state index is 5.04. The predicted octanol–water partition coefficient (Wildman–Crippen LogP) is 2.45. The minimum Gasteiger partial charge on any atom is -0.383 e. The molecule has 0 amide bonds. The van der Waals surface area contributed by atoms with E-state index in [1.165, 1.54) is 15.3 Å². The van der Waals surface area contributed by atoms with Crippen LogP contribution >= 0.6 is 11.3 Å². The van der Waals surface area contributed by atoms with Gasteiger partial charge in [0.25, 0.3) is 0 Å². The van der Waals surface area contributed by atoms with Gasteiger partial charge < -0.3 is 10.1 Å². The van der Waals surface area contributed by atoms with E-state index in [-0.39, 0.29) is 0 Å². The van der Waals surface area contributed by atoms with Crippen LogP contribution in [0.2, 0.25) is 0 Å². The molecule has 0 aliphatic rings. The fourth-order valence-corrected chi connectivity index (χ4v) is 2.93. The Labute approximate surface area is 118 Å². The zero-order valence-electron chi connectivity index (χ0n) is 11.8. The second kappa shape index (κ2) is 6.84. The molecule has 0 aliphatic heterocycles. The highest BCUT2D eigenvalue weighted by molar-refractivity contribution is 7.15. The van der Waals surface area contributed by atoms with Crippen LogP contribution in [-0.4, -0.2) is 30.0 Å². The van der Waals surface area contributed by atoms with Crippen LogP contribution in [0.15, 0.2) is 18.3 Å². The van der Waals surface area contributed by atoms with Crippen molar-refractivity contribution in [2.75, 3.05) is 20.3 Å². The molecule has 1 N–H and O–H groups in total. The fraction of sp³-hybridized carbons (Fsp3) is 0.500. The van der Waals surface area contributed by atoms with Gasteiger partial charge in [0.2, 0.25) is 0 Å². The normalized spacial score (nSPS) is 11.1. The first-order valence-electron chi connectivity index (χ1n) is 6.55. The van der Waals surface area contributed by atoms with Gasteiger partial charge in [0.1, 0.15) is 5.69 Å². The second-order valence-electron chi connectivity index (χ2n) is 4.47. The Balaban J connectivity index is 2.11. The SMILES string of the molecule is CCc1ccc(-c2nn(C)cc2CNCCOC)s1. The van der Waals surface area contributed by atoms with E-state index in [4.69, 9.17) is 4.74 Å². The van der Waals surface area contributed by atoms with E-state index in [0.717, 1.165) is 31.8 Å². The molecule has 4 nitrogen and oxygen atoms in total. The van der Waals surface area contributed by atoms with E-state index in [9.17, 15) is 0 Å². The zero-order chi connectivity index (χ0) is 13.7. The smallest absolute Gasteiger partial charge is 0.107 e. The van der Waals surface area contributed by atoms with E-state index >= 15 is 0 Å². The standard InChI is InChI=1S/C14H21N3OS/c1-4-12-5-6-13(19-12)14-11(10-17(2)16-14)9-15-7-8-18-3/h5-6,10,15H,4,7-9H2,1-3H3. The largest absolute Gasteiger partial charge is 0.383 e. The molecule has 0 fully saturated rings. The number of hydrogen-bond donors (Lipinski definition) is 1. The summed E-state index contributed by atoms with van der Waals surface area (Å²) >= 11 is 1.83. The van der Waals surface area contributed by atoms with Crippen LogP contribution in [0, 0.1) is 0 Å². The van der Waals surface area contributed by atoms with E-state index < -0.39 is 0 Å². The Morgan fingerprint density at radius 1 is 1.42 bits per heavy atom. The van der Waals surface area contributed by atoms with E-state index in [1.54, 1.807) is 7.11 Å². The zero-order valence-corrected chi connectivity index (χ0v) is 12.6. The first-order valence-corrected chi connectivity index (χ1v) is 7.37. The molecule has 2 rings (SSSR count). The number of methoxy groups -OCH3 is 1. The Kier molecular flexibility index (Phi) is 5.13. The summed E-state index contributed by atoms with van der Waals surface area (Å²) in [6.45, 7) is 4.59. The molecule has 19 heavy (non-hydrogen) atoms. The number of aryl methyl sites for hydroxylation is 2. The predicted molar refractivity (Wildman–Crippen MR) is 79.5 cm³/mol. The summed E-state index contributed by atoms with van der Waals surface area (Å²) < 4.78 is 6.92. The third-order valence-electron chi connectivity index (χ3n) is 2.95. The van der Waals surface area contributed by atoms with Crippen LogP contribution in [0.25, 0.3) is 10.6 Å². The Morgan fingerprint density at radius 3 is 2.95 bits per heavy atom. The molecule has 2 aromatic rings. The maximum absolute atomic E-state index is 5.04. The van der Waals surface area contributed by atoms with Crippen LogP contribution in [-0.2, 0) is 24.8 Å². The summed E-state index contributed by atoms with van der Waals surface area (Å²) in [7, 11) is 3.69. The van der Waals surface area contributed by atoms with Crippen molar-refractivity contribution in [1.29, 1.82) is 0 Å². The first kappa shape index (κ1) is 14.2. The Bertz CT molecular complexity index is 518. The van der Waals surface area contributed by atoms with Crippen molar-refractivity contribution in [3.8, 4) is 10.6 Å². The molecule has 0 aromatic carbocycles. The molecule has 0 bridgehead atoms. The molecule has 0 saturated heterocycles. The van der Waals surface area contributed by atoms with Crippen molar-refractivity contribution in [2.24, 2.45) is 7.05 Å². The average molecular weight is 279 g/mol. The van der Waals surface area contributed by atoms with Gasteiger partial charge in [-0.15, -0.1) is 11.3 Å². The van der Waals surface area contributed by atoms with Gasteiger partial charge in [-0.25, -0.2) is 0 Å². The van der Waals surface area contributed by atoms with Crippen molar-refractivity contribution < 1.29 is 4.74 Å². The number of aromatic nitrogens is 2.